The zero-order chi connectivity index (χ0) is 12.7. The van der Waals surface area contributed by atoms with Crippen molar-refractivity contribution >= 4 is 0 Å². The molecule has 2 rings (SSSR count). The molecular weight excluding hydrogens is 214 g/mol. The molecule has 0 aromatic carbocycles. The van der Waals surface area contributed by atoms with Gasteiger partial charge in [-0.05, 0) is 24.6 Å². The van der Waals surface area contributed by atoms with E-state index in [0.717, 1.165) is 5.56 Å². The second-order valence-electron chi connectivity index (χ2n) is 3.14. The maximum Gasteiger partial charge on any atom is 0.181 e. The molecule has 0 radical (unpaired) electrons. The fourth-order valence-electron chi connectivity index (χ4n) is 1.29. The highest BCUT2D eigenvalue weighted by atomic mass is 16.5. The van der Waals surface area contributed by atoms with Gasteiger partial charge in [-0.15, -0.1) is 0 Å². The van der Waals surface area contributed by atoms with Gasteiger partial charge in [-0.25, -0.2) is 15.0 Å². The van der Waals surface area contributed by atoms with Crippen LogP contribution >= 0.6 is 0 Å². The number of methoxy groups -OCH3 is 1. The molecule has 0 saturated heterocycles. The van der Waals surface area contributed by atoms with Gasteiger partial charge in [0.1, 0.15) is 11.4 Å². The first-order valence-electron chi connectivity index (χ1n) is 5.59. The van der Waals surface area contributed by atoms with Crippen LogP contribution in [0.15, 0.2) is 30.7 Å². The molecule has 0 spiro atoms. The van der Waals surface area contributed by atoms with Crippen LogP contribution in [0, 0.1) is 6.92 Å². The Kier molecular flexibility index (Phi) is 5.07. The van der Waals surface area contributed by atoms with Gasteiger partial charge < -0.3 is 4.74 Å². The van der Waals surface area contributed by atoms with Gasteiger partial charge in [0.15, 0.2) is 5.82 Å². The number of hydrogen-bond acceptors (Lipinski definition) is 4. The fraction of sp³-hybridized carbons (Fsp3) is 0.308. The number of aromatic nitrogens is 3. The number of aryl methyl sites for hydroxylation is 1. The summed E-state index contributed by atoms with van der Waals surface area (Å²) < 4.78 is 5.24. The molecule has 0 N–H and O–H groups in total. The van der Waals surface area contributed by atoms with Crippen LogP contribution in [0.5, 0.6) is 5.75 Å². The number of nitrogens with zero attached hydrogens (tertiary/aromatic N) is 3. The molecule has 0 bridgehead atoms. The lowest BCUT2D eigenvalue weighted by atomic mass is 10.2. The molecule has 4 heteroatoms. The summed E-state index contributed by atoms with van der Waals surface area (Å²) >= 11 is 0. The van der Waals surface area contributed by atoms with Gasteiger partial charge in [0, 0.05) is 18.6 Å². The molecule has 90 valence electrons. The van der Waals surface area contributed by atoms with Crippen molar-refractivity contribution in [2.24, 2.45) is 0 Å². The third-order valence-corrected chi connectivity index (χ3v) is 1.99. The third kappa shape index (κ3) is 3.24. The lowest BCUT2D eigenvalue weighted by Crippen LogP contribution is -1.95. The molecule has 4 nitrogen and oxygen atoms in total. The van der Waals surface area contributed by atoms with Crippen LogP contribution in [0.25, 0.3) is 11.5 Å². The standard InChI is InChI=1S/C11H11N3O.C2H6/c1-8-6-9(15-2)10(14-7-8)11-12-4-3-5-13-11;1-2/h3-7H,1-2H3;1-2H3. The van der Waals surface area contributed by atoms with Crippen LogP contribution < -0.4 is 4.74 Å². The van der Waals surface area contributed by atoms with Gasteiger partial charge in [0.05, 0.1) is 7.11 Å². The molecule has 0 aliphatic carbocycles. The Hall–Kier alpha value is -1.97. The van der Waals surface area contributed by atoms with Crippen LogP contribution in [0.3, 0.4) is 0 Å². The summed E-state index contributed by atoms with van der Waals surface area (Å²) in [7, 11) is 1.61. The van der Waals surface area contributed by atoms with Crippen molar-refractivity contribution in [1.29, 1.82) is 0 Å². The Morgan fingerprint density at radius 2 is 1.71 bits per heavy atom. The Morgan fingerprint density at radius 1 is 1.06 bits per heavy atom. The predicted molar refractivity (Wildman–Crippen MR) is 67.9 cm³/mol. The van der Waals surface area contributed by atoms with Crippen molar-refractivity contribution in [3.8, 4) is 17.3 Å². The smallest absolute Gasteiger partial charge is 0.181 e. The molecular formula is C13H17N3O. The third-order valence-electron chi connectivity index (χ3n) is 1.99. The maximum absolute atomic E-state index is 5.24. The van der Waals surface area contributed by atoms with Gasteiger partial charge in [0.2, 0.25) is 0 Å². The number of ether oxygens (including phenoxy) is 1. The molecule has 17 heavy (non-hydrogen) atoms. The van der Waals surface area contributed by atoms with Crippen molar-refractivity contribution < 1.29 is 4.74 Å². The Bertz CT molecular complexity index is 457. The molecule has 2 heterocycles. The molecule has 0 aliphatic rings. The van der Waals surface area contributed by atoms with Crippen molar-refractivity contribution in [3.63, 3.8) is 0 Å². The minimum atomic E-state index is 0.578. The van der Waals surface area contributed by atoms with E-state index in [1.807, 2.05) is 26.8 Å². The van der Waals surface area contributed by atoms with Gasteiger partial charge >= 0.3 is 0 Å². The van der Waals surface area contributed by atoms with Gasteiger partial charge in [-0.1, -0.05) is 13.8 Å². The summed E-state index contributed by atoms with van der Waals surface area (Å²) in [5.41, 5.74) is 1.72. The SMILES string of the molecule is CC.COc1cc(C)cnc1-c1ncccn1. The first-order valence-corrected chi connectivity index (χ1v) is 5.59. The summed E-state index contributed by atoms with van der Waals surface area (Å²) in [6.07, 6.45) is 5.14. The minimum absolute atomic E-state index is 0.578. The Labute approximate surface area is 102 Å². The fourth-order valence-corrected chi connectivity index (χ4v) is 1.29. The summed E-state index contributed by atoms with van der Waals surface area (Å²) in [6.45, 7) is 5.96. The van der Waals surface area contributed by atoms with Gasteiger partial charge in [-0.2, -0.15) is 0 Å². The summed E-state index contributed by atoms with van der Waals surface area (Å²) in [5, 5.41) is 0. The van der Waals surface area contributed by atoms with Crippen molar-refractivity contribution in [2.75, 3.05) is 7.11 Å². The first-order chi connectivity index (χ1) is 8.31. The summed E-state index contributed by atoms with van der Waals surface area (Å²) in [6, 6.07) is 3.68. The molecule has 2 aromatic heterocycles. The predicted octanol–water partition coefficient (Wildman–Crippen LogP) is 2.88. The normalized spacial score (nSPS) is 9.18. The molecule has 0 unspecified atom stereocenters. The Balaban J connectivity index is 0.000000686. The van der Waals surface area contributed by atoms with Crippen LogP contribution in [-0.2, 0) is 0 Å². The second-order valence-corrected chi connectivity index (χ2v) is 3.14. The van der Waals surface area contributed by atoms with Gasteiger partial charge in [-0.3, -0.25) is 0 Å². The molecule has 0 fully saturated rings. The quantitative estimate of drug-likeness (QED) is 0.797. The first kappa shape index (κ1) is 13.1. The van der Waals surface area contributed by atoms with Crippen LogP contribution in [-0.4, -0.2) is 22.1 Å². The van der Waals surface area contributed by atoms with E-state index < -0.39 is 0 Å². The second kappa shape index (κ2) is 6.58. The van der Waals surface area contributed by atoms with Crippen LogP contribution in [0.4, 0.5) is 0 Å². The highest BCUT2D eigenvalue weighted by molar-refractivity contribution is 5.58. The van der Waals surface area contributed by atoms with Crippen LogP contribution in [0.2, 0.25) is 0 Å². The molecule has 2 aromatic rings. The number of rotatable bonds is 2. The maximum atomic E-state index is 5.24. The van der Waals surface area contributed by atoms with Crippen LogP contribution in [0.1, 0.15) is 19.4 Å². The van der Waals surface area contributed by atoms with E-state index in [2.05, 4.69) is 15.0 Å². The average Bonchev–Trinajstić information content (AvgIpc) is 2.42. The van der Waals surface area contributed by atoms with E-state index in [9.17, 15) is 0 Å². The van der Waals surface area contributed by atoms with Crippen molar-refractivity contribution in [1.82, 2.24) is 15.0 Å². The number of pyridine rings is 1. The average molecular weight is 231 g/mol. The zero-order valence-electron chi connectivity index (χ0n) is 10.6. The van der Waals surface area contributed by atoms with E-state index in [1.165, 1.54) is 0 Å². The van der Waals surface area contributed by atoms with Crippen molar-refractivity contribution in [3.05, 3.63) is 36.3 Å². The van der Waals surface area contributed by atoms with Crippen molar-refractivity contribution in [2.45, 2.75) is 20.8 Å². The zero-order valence-corrected chi connectivity index (χ0v) is 10.6. The largest absolute Gasteiger partial charge is 0.494 e. The van der Waals surface area contributed by atoms with E-state index in [0.29, 0.717) is 17.3 Å². The lowest BCUT2D eigenvalue weighted by molar-refractivity contribution is 0.414. The van der Waals surface area contributed by atoms with E-state index in [1.54, 1.807) is 31.8 Å². The Morgan fingerprint density at radius 3 is 2.29 bits per heavy atom. The highest BCUT2D eigenvalue weighted by Crippen LogP contribution is 2.24. The topological polar surface area (TPSA) is 47.9 Å². The highest BCUT2D eigenvalue weighted by Gasteiger charge is 2.09. The van der Waals surface area contributed by atoms with E-state index in [-0.39, 0.29) is 0 Å². The van der Waals surface area contributed by atoms with E-state index in [4.69, 9.17) is 4.74 Å². The molecule has 0 amide bonds. The molecule has 0 saturated carbocycles. The monoisotopic (exact) mass is 231 g/mol. The van der Waals surface area contributed by atoms with Gasteiger partial charge in [0.25, 0.3) is 0 Å². The molecule has 0 atom stereocenters. The summed E-state index contributed by atoms with van der Waals surface area (Å²) in [4.78, 5) is 12.5. The number of hydrogen-bond donors (Lipinski definition) is 0. The minimum Gasteiger partial charge on any atom is -0.494 e. The molecule has 0 aliphatic heterocycles. The van der Waals surface area contributed by atoms with E-state index >= 15 is 0 Å². The lowest BCUT2D eigenvalue weighted by Gasteiger charge is -2.06. The summed E-state index contributed by atoms with van der Waals surface area (Å²) in [5.74, 6) is 1.27.